The number of hydrogen-bond acceptors (Lipinski definition) is 5. The first-order valence-corrected chi connectivity index (χ1v) is 8.53. The smallest absolute Gasteiger partial charge is 0.417 e. The Bertz CT molecular complexity index is 1030. The zero-order valence-electron chi connectivity index (χ0n) is 15.1. The van der Waals surface area contributed by atoms with Gasteiger partial charge in [0.2, 0.25) is 11.8 Å². The summed E-state index contributed by atoms with van der Waals surface area (Å²) in [5, 5.41) is 21.6. The Morgan fingerprint density at radius 3 is 2.69 bits per heavy atom. The molecule has 1 aliphatic heterocycles. The Hall–Kier alpha value is -3.61. The topological polar surface area (TPSA) is 106 Å². The van der Waals surface area contributed by atoms with Crippen molar-refractivity contribution in [2.75, 3.05) is 10.2 Å². The summed E-state index contributed by atoms with van der Waals surface area (Å²) in [6.07, 6.45) is -4.90. The number of nitrogens with one attached hydrogen (secondary N) is 1. The van der Waals surface area contributed by atoms with Crippen molar-refractivity contribution in [2.45, 2.75) is 32.0 Å². The SMILES string of the molecule is Cc1cc(C(F)(F)F)c(C#N)c(N2C(=O)CC[C@H]2C(=O)Nc2ccccc2O)n1. The van der Waals surface area contributed by atoms with E-state index in [2.05, 4.69) is 10.3 Å². The molecule has 0 bridgehead atoms. The minimum Gasteiger partial charge on any atom is -0.506 e. The number of amides is 2. The van der Waals surface area contributed by atoms with Crippen LogP contribution in [0.4, 0.5) is 24.7 Å². The van der Waals surface area contributed by atoms with Gasteiger partial charge in [-0.25, -0.2) is 4.98 Å². The molecule has 0 radical (unpaired) electrons. The molecule has 0 spiro atoms. The summed E-state index contributed by atoms with van der Waals surface area (Å²) in [4.78, 5) is 29.9. The lowest BCUT2D eigenvalue weighted by molar-refractivity contribution is -0.138. The molecule has 0 unspecified atom stereocenters. The molecule has 7 nitrogen and oxygen atoms in total. The molecule has 1 aromatic carbocycles. The summed E-state index contributed by atoms with van der Waals surface area (Å²) in [6.45, 7) is 1.30. The summed E-state index contributed by atoms with van der Waals surface area (Å²) >= 11 is 0. The van der Waals surface area contributed by atoms with E-state index in [0.29, 0.717) is 0 Å². The molecular weight excluding hydrogens is 389 g/mol. The van der Waals surface area contributed by atoms with Crippen molar-refractivity contribution in [3.8, 4) is 11.8 Å². The van der Waals surface area contributed by atoms with Crippen molar-refractivity contribution in [3.63, 3.8) is 0 Å². The normalized spacial score (nSPS) is 16.6. The third-order valence-electron chi connectivity index (χ3n) is 4.45. The van der Waals surface area contributed by atoms with E-state index in [-0.39, 0.29) is 30.0 Å². The standard InChI is InChI=1S/C19H15F3N4O3/c1-10-8-12(19(20,21)22)11(9-23)17(24-10)26-14(6-7-16(26)28)18(29)25-13-4-2-3-5-15(13)27/h2-5,8,14,27H,6-7H2,1H3,(H,25,29)/t14-/m0/s1. The van der Waals surface area contributed by atoms with E-state index >= 15 is 0 Å². The lowest BCUT2D eigenvalue weighted by atomic mass is 10.1. The molecule has 0 saturated carbocycles. The van der Waals surface area contributed by atoms with Crippen LogP contribution in [0.25, 0.3) is 0 Å². The number of carbonyl (C=O) groups excluding carboxylic acids is 2. The number of rotatable bonds is 3. The average molecular weight is 404 g/mol. The third kappa shape index (κ3) is 3.85. The van der Waals surface area contributed by atoms with E-state index in [1.165, 1.54) is 25.1 Å². The predicted molar refractivity (Wildman–Crippen MR) is 95.9 cm³/mol. The highest BCUT2D eigenvalue weighted by Crippen LogP contribution is 2.38. The van der Waals surface area contributed by atoms with Gasteiger partial charge in [-0.3, -0.25) is 14.5 Å². The highest BCUT2D eigenvalue weighted by atomic mass is 19.4. The molecule has 1 atom stereocenters. The van der Waals surface area contributed by atoms with E-state index < -0.39 is 41.0 Å². The number of halogens is 3. The quantitative estimate of drug-likeness (QED) is 0.765. The maximum atomic E-state index is 13.4. The number of hydrogen-bond donors (Lipinski definition) is 2. The van der Waals surface area contributed by atoms with Gasteiger partial charge in [-0.2, -0.15) is 18.4 Å². The van der Waals surface area contributed by atoms with Crippen LogP contribution in [0.2, 0.25) is 0 Å². The van der Waals surface area contributed by atoms with Gasteiger partial charge in [-0.15, -0.1) is 0 Å². The number of aryl methyl sites for hydroxylation is 1. The van der Waals surface area contributed by atoms with Gasteiger partial charge in [0, 0.05) is 12.1 Å². The number of aromatic nitrogens is 1. The number of nitriles is 1. The van der Waals surface area contributed by atoms with Crippen molar-refractivity contribution in [3.05, 3.63) is 47.2 Å². The second-order valence-electron chi connectivity index (χ2n) is 6.44. The molecule has 29 heavy (non-hydrogen) atoms. The molecule has 1 saturated heterocycles. The van der Waals surface area contributed by atoms with Crippen molar-refractivity contribution in [1.82, 2.24) is 4.98 Å². The number of phenolic OH excluding ortho intramolecular Hbond substituents is 1. The Morgan fingerprint density at radius 2 is 2.07 bits per heavy atom. The third-order valence-corrected chi connectivity index (χ3v) is 4.45. The van der Waals surface area contributed by atoms with Crippen LogP contribution in [0.15, 0.2) is 30.3 Å². The second-order valence-corrected chi connectivity index (χ2v) is 6.44. The van der Waals surface area contributed by atoms with Crippen molar-refractivity contribution in [2.24, 2.45) is 0 Å². The first-order chi connectivity index (χ1) is 13.6. The minimum atomic E-state index is -4.83. The van der Waals surface area contributed by atoms with E-state index in [1.807, 2.05) is 0 Å². The lowest BCUT2D eigenvalue weighted by Crippen LogP contribution is -2.43. The number of carbonyl (C=O) groups is 2. The van der Waals surface area contributed by atoms with Crippen molar-refractivity contribution in [1.29, 1.82) is 5.26 Å². The van der Waals surface area contributed by atoms with Crippen LogP contribution in [0, 0.1) is 18.3 Å². The first kappa shape index (κ1) is 20.1. The van der Waals surface area contributed by atoms with E-state index in [4.69, 9.17) is 0 Å². The number of para-hydroxylation sites is 2. The molecule has 1 fully saturated rings. The molecule has 10 heteroatoms. The zero-order chi connectivity index (χ0) is 21.3. The lowest BCUT2D eigenvalue weighted by Gasteiger charge is -2.25. The molecule has 2 aromatic rings. The van der Waals surface area contributed by atoms with E-state index in [1.54, 1.807) is 12.1 Å². The molecule has 0 aliphatic carbocycles. The van der Waals surface area contributed by atoms with Crippen molar-refractivity contribution >= 4 is 23.3 Å². The first-order valence-electron chi connectivity index (χ1n) is 8.53. The molecule has 1 aliphatic rings. The van der Waals surface area contributed by atoms with Crippen LogP contribution in [0.3, 0.4) is 0 Å². The second kappa shape index (κ2) is 7.43. The molecule has 3 rings (SSSR count). The maximum absolute atomic E-state index is 13.4. The van der Waals surface area contributed by atoms with E-state index in [9.17, 15) is 33.1 Å². The van der Waals surface area contributed by atoms with Gasteiger partial charge in [0.05, 0.1) is 11.3 Å². The maximum Gasteiger partial charge on any atom is 0.417 e. The minimum absolute atomic E-state index is 0.0279. The number of anilines is 2. The summed E-state index contributed by atoms with van der Waals surface area (Å²) in [5.74, 6) is -2.04. The van der Waals surface area contributed by atoms with Gasteiger partial charge >= 0.3 is 6.18 Å². The van der Waals surface area contributed by atoms with Crippen LogP contribution in [0.1, 0.15) is 29.7 Å². The Kier molecular flexibility index (Phi) is 5.16. The monoisotopic (exact) mass is 404 g/mol. The number of pyridine rings is 1. The van der Waals surface area contributed by atoms with Gasteiger partial charge in [0.1, 0.15) is 23.4 Å². The number of nitrogens with zero attached hydrogens (tertiary/aromatic N) is 3. The van der Waals surface area contributed by atoms with Crippen LogP contribution < -0.4 is 10.2 Å². The Labute approximate surface area is 163 Å². The fraction of sp³-hybridized carbons (Fsp3) is 0.263. The number of benzene rings is 1. The summed E-state index contributed by atoms with van der Waals surface area (Å²) in [7, 11) is 0. The summed E-state index contributed by atoms with van der Waals surface area (Å²) < 4.78 is 40.1. The fourth-order valence-corrected chi connectivity index (χ4v) is 3.16. The highest BCUT2D eigenvalue weighted by molar-refractivity contribution is 6.08. The number of aromatic hydroxyl groups is 1. The van der Waals surface area contributed by atoms with Crippen LogP contribution in [-0.4, -0.2) is 27.9 Å². The van der Waals surface area contributed by atoms with E-state index in [0.717, 1.165) is 11.0 Å². The van der Waals surface area contributed by atoms with Gasteiger partial charge in [-0.05, 0) is 31.5 Å². The van der Waals surface area contributed by atoms with Gasteiger partial charge in [0.25, 0.3) is 0 Å². The summed E-state index contributed by atoms with van der Waals surface area (Å²) in [6, 6.07) is 6.90. The molecule has 2 heterocycles. The van der Waals surface area contributed by atoms with Crippen molar-refractivity contribution < 1.29 is 27.9 Å². The molecule has 150 valence electrons. The highest BCUT2D eigenvalue weighted by Gasteiger charge is 2.42. The Balaban J connectivity index is 2.04. The molecule has 1 aromatic heterocycles. The van der Waals surface area contributed by atoms with Crippen LogP contribution in [0.5, 0.6) is 5.75 Å². The largest absolute Gasteiger partial charge is 0.506 e. The van der Waals surface area contributed by atoms with Gasteiger partial charge in [0.15, 0.2) is 5.82 Å². The molecule has 2 N–H and O–H groups in total. The van der Waals surface area contributed by atoms with Crippen LogP contribution in [-0.2, 0) is 15.8 Å². The van der Waals surface area contributed by atoms with Gasteiger partial charge in [-0.1, -0.05) is 12.1 Å². The number of alkyl halides is 3. The molecule has 2 amide bonds. The van der Waals surface area contributed by atoms with Gasteiger partial charge < -0.3 is 10.4 Å². The Morgan fingerprint density at radius 1 is 1.38 bits per heavy atom. The predicted octanol–water partition coefficient (Wildman–Crippen LogP) is 3.12. The van der Waals surface area contributed by atoms with Crippen LogP contribution >= 0.6 is 0 Å². The fourth-order valence-electron chi connectivity index (χ4n) is 3.16. The summed E-state index contributed by atoms with van der Waals surface area (Å²) in [5.41, 5.74) is -2.00. The molecular formula is C19H15F3N4O3. The average Bonchev–Trinajstić information content (AvgIpc) is 3.03. The number of phenols is 1. The zero-order valence-corrected chi connectivity index (χ0v) is 15.1.